The molecule has 0 N–H and O–H groups in total. The number of rotatable bonds is 4. The lowest BCUT2D eigenvalue weighted by Gasteiger charge is -2.07. The Balaban J connectivity index is 1.86. The predicted molar refractivity (Wildman–Crippen MR) is 86.2 cm³/mol. The molecular formula is C19H15F2NO. The maximum absolute atomic E-state index is 13.7. The van der Waals surface area contributed by atoms with Crippen molar-refractivity contribution < 1.29 is 13.5 Å². The summed E-state index contributed by atoms with van der Waals surface area (Å²) >= 11 is 0. The first-order valence-electron chi connectivity index (χ1n) is 7.33. The van der Waals surface area contributed by atoms with Crippen LogP contribution in [-0.2, 0) is 0 Å². The second kappa shape index (κ2) is 6.57. The van der Waals surface area contributed by atoms with Crippen LogP contribution in [0.25, 0.3) is 22.3 Å². The molecule has 0 aliphatic rings. The van der Waals surface area contributed by atoms with Crippen LogP contribution in [0.1, 0.15) is 6.92 Å². The molecule has 0 aliphatic carbocycles. The van der Waals surface area contributed by atoms with Gasteiger partial charge in [0.15, 0.2) is 0 Å². The van der Waals surface area contributed by atoms with E-state index in [4.69, 9.17) is 4.74 Å². The zero-order valence-electron chi connectivity index (χ0n) is 12.6. The lowest BCUT2D eigenvalue weighted by molar-refractivity contribution is 0.340. The third-order valence-electron chi connectivity index (χ3n) is 3.51. The molecule has 0 aliphatic heterocycles. The molecule has 0 bridgehead atoms. The van der Waals surface area contributed by atoms with Crippen LogP contribution in [-0.4, -0.2) is 11.6 Å². The average molecular weight is 311 g/mol. The lowest BCUT2D eigenvalue weighted by atomic mass is 10.0. The number of hydrogen-bond donors (Lipinski definition) is 0. The highest BCUT2D eigenvalue weighted by atomic mass is 19.1. The molecule has 0 fully saturated rings. The summed E-state index contributed by atoms with van der Waals surface area (Å²) in [6, 6.07) is 17.7. The zero-order valence-corrected chi connectivity index (χ0v) is 12.6. The van der Waals surface area contributed by atoms with E-state index in [2.05, 4.69) is 4.98 Å². The standard InChI is InChI=1S/C19H15F2NO/c1-2-23-16-9-7-14(8-10-16)13-3-5-15(6-4-13)17-11-12-18(20)22-19(17)21/h3-12H,2H2,1H3. The summed E-state index contributed by atoms with van der Waals surface area (Å²) in [7, 11) is 0. The third kappa shape index (κ3) is 3.37. The van der Waals surface area contributed by atoms with Gasteiger partial charge in [-0.15, -0.1) is 0 Å². The largest absolute Gasteiger partial charge is 0.494 e. The Labute approximate surface area is 133 Å². The summed E-state index contributed by atoms with van der Waals surface area (Å²) < 4.78 is 32.0. The molecule has 3 aromatic rings. The normalized spacial score (nSPS) is 10.6. The highest BCUT2D eigenvalue weighted by Crippen LogP contribution is 2.27. The molecule has 0 atom stereocenters. The monoisotopic (exact) mass is 311 g/mol. The number of ether oxygens (including phenoxy) is 1. The van der Waals surface area contributed by atoms with E-state index >= 15 is 0 Å². The predicted octanol–water partition coefficient (Wildman–Crippen LogP) is 5.09. The Kier molecular flexibility index (Phi) is 4.33. The van der Waals surface area contributed by atoms with Crippen molar-refractivity contribution in [2.45, 2.75) is 6.92 Å². The van der Waals surface area contributed by atoms with Crippen molar-refractivity contribution in [3.63, 3.8) is 0 Å². The van der Waals surface area contributed by atoms with Gasteiger partial charge in [-0.2, -0.15) is 13.8 Å². The van der Waals surface area contributed by atoms with E-state index in [9.17, 15) is 8.78 Å². The first kappa shape index (κ1) is 15.2. The van der Waals surface area contributed by atoms with Gasteiger partial charge in [-0.3, -0.25) is 0 Å². The van der Waals surface area contributed by atoms with Gasteiger partial charge in [0.25, 0.3) is 0 Å². The van der Waals surface area contributed by atoms with E-state index < -0.39 is 11.9 Å². The summed E-state index contributed by atoms with van der Waals surface area (Å²) in [6.07, 6.45) is 0. The second-order valence-electron chi connectivity index (χ2n) is 5.01. The number of halogens is 2. The molecule has 1 heterocycles. The average Bonchev–Trinajstić information content (AvgIpc) is 2.56. The molecule has 23 heavy (non-hydrogen) atoms. The number of nitrogens with zero attached hydrogens (tertiary/aromatic N) is 1. The minimum atomic E-state index is -0.822. The summed E-state index contributed by atoms with van der Waals surface area (Å²) in [5.41, 5.74) is 2.99. The van der Waals surface area contributed by atoms with Crippen LogP contribution in [0.2, 0.25) is 0 Å². The molecule has 0 spiro atoms. The van der Waals surface area contributed by atoms with Gasteiger partial charge in [0, 0.05) is 5.56 Å². The van der Waals surface area contributed by atoms with E-state index in [1.807, 2.05) is 43.3 Å². The molecule has 0 unspecified atom stereocenters. The van der Waals surface area contributed by atoms with E-state index in [0.29, 0.717) is 12.2 Å². The SMILES string of the molecule is CCOc1ccc(-c2ccc(-c3ccc(F)nc3F)cc2)cc1. The van der Waals surface area contributed by atoms with E-state index in [1.165, 1.54) is 6.07 Å². The van der Waals surface area contributed by atoms with Crippen LogP contribution in [0.3, 0.4) is 0 Å². The van der Waals surface area contributed by atoms with Gasteiger partial charge in [0.2, 0.25) is 11.9 Å². The van der Waals surface area contributed by atoms with Crippen molar-refractivity contribution in [1.82, 2.24) is 4.98 Å². The van der Waals surface area contributed by atoms with Gasteiger partial charge in [-0.1, -0.05) is 36.4 Å². The van der Waals surface area contributed by atoms with Crippen LogP contribution in [0.4, 0.5) is 8.78 Å². The summed E-state index contributed by atoms with van der Waals surface area (Å²) in [4.78, 5) is 3.21. The van der Waals surface area contributed by atoms with Gasteiger partial charge in [-0.25, -0.2) is 0 Å². The molecule has 3 rings (SSSR count). The molecule has 0 saturated heterocycles. The van der Waals surface area contributed by atoms with Crippen molar-refractivity contribution in [3.8, 4) is 28.0 Å². The van der Waals surface area contributed by atoms with Gasteiger partial charge < -0.3 is 4.74 Å². The Morgan fingerprint density at radius 1 is 0.783 bits per heavy atom. The fourth-order valence-corrected chi connectivity index (χ4v) is 2.38. The van der Waals surface area contributed by atoms with E-state index in [0.717, 1.165) is 22.9 Å². The third-order valence-corrected chi connectivity index (χ3v) is 3.51. The molecule has 0 radical (unpaired) electrons. The quantitative estimate of drug-likeness (QED) is 0.626. The number of aromatic nitrogens is 1. The number of hydrogen-bond acceptors (Lipinski definition) is 2. The maximum atomic E-state index is 13.7. The summed E-state index contributed by atoms with van der Waals surface area (Å²) in [5, 5.41) is 0. The number of benzene rings is 2. The smallest absolute Gasteiger partial charge is 0.223 e. The molecular weight excluding hydrogens is 296 g/mol. The van der Waals surface area contributed by atoms with Gasteiger partial charge in [-0.05, 0) is 47.9 Å². The maximum Gasteiger partial charge on any atom is 0.223 e. The van der Waals surface area contributed by atoms with E-state index in [-0.39, 0.29) is 5.56 Å². The van der Waals surface area contributed by atoms with E-state index in [1.54, 1.807) is 12.1 Å². The summed E-state index contributed by atoms with van der Waals surface area (Å²) in [6.45, 7) is 2.57. The second-order valence-corrected chi connectivity index (χ2v) is 5.01. The van der Waals surface area contributed by atoms with Crippen LogP contribution >= 0.6 is 0 Å². The molecule has 4 heteroatoms. The van der Waals surface area contributed by atoms with Crippen molar-refractivity contribution in [3.05, 3.63) is 72.6 Å². The highest BCUT2D eigenvalue weighted by Gasteiger charge is 2.08. The number of pyridine rings is 1. The minimum absolute atomic E-state index is 0.282. The first-order valence-corrected chi connectivity index (χ1v) is 7.33. The van der Waals surface area contributed by atoms with Crippen molar-refractivity contribution >= 4 is 0 Å². The molecule has 1 aromatic heterocycles. The Morgan fingerprint density at radius 3 is 1.91 bits per heavy atom. The van der Waals surface area contributed by atoms with Crippen molar-refractivity contribution in [2.24, 2.45) is 0 Å². The Hall–Kier alpha value is -2.75. The molecule has 116 valence electrons. The highest BCUT2D eigenvalue weighted by molar-refractivity contribution is 5.70. The minimum Gasteiger partial charge on any atom is -0.494 e. The Morgan fingerprint density at radius 2 is 1.35 bits per heavy atom. The fraction of sp³-hybridized carbons (Fsp3) is 0.105. The van der Waals surface area contributed by atoms with Crippen molar-refractivity contribution in [1.29, 1.82) is 0 Å². The molecule has 2 nitrogen and oxygen atoms in total. The van der Waals surface area contributed by atoms with Crippen LogP contribution in [0, 0.1) is 11.9 Å². The summed E-state index contributed by atoms with van der Waals surface area (Å²) in [5.74, 6) is -0.802. The van der Waals surface area contributed by atoms with Crippen LogP contribution in [0.5, 0.6) is 5.75 Å². The molecule has 0 saturated carbocycles. The lowest BCUT2D eigenvalue weighted by Crippen LogP contribution is -1.92. The van der Waals surface area contributed by atoms with Crippen LogP contribution in [0.15, 0.2) is 60.7 Å². The van der Waals surface area contributed by atoms with Gasteiger partial charge >= 0.3 is 0 Å². The first-order chi connectivity index (χ1) is 11.2. The zero-order chi connectivity index (χ0) is 16.2. The van der Waals surface area contributed by atoms with Crippen molar-refractivity contribution in [2.75, 3.05) is 6.61 Å². The molecule has 2 aromatic carbocycles. The fourth-order valence-electron chi connectivity index (χ4n) is 2.38. The van der Waals surface area contributed by atoms with Crippen LogP contribution < -0.4 is 4.74 Å². The topological polar surface area (TPSA) is 22.1 Å². The molecule has 0 amide bonds. The van der Waals surface area contributed by atoms with Gasteiger partial charge in [0.05, 0.1) is 6.61 Å². The Bertz CT molecular complexity index is 799. The van der Waals surface area contributed by atoms with Gasteiger partial charge in [0.1, 0.15) is 5.75 Å².